The van der Waals surface area contributed by atoms with Crippen LogP contribution >= 0.6 is 0 Å². The molecule has 1 aromatic carbocycles. The molecule has 0 fully saturated rings. The van der Waals surface area contributed by atoms with E-state index in [2.05, 4.69) is 68.6 Å². The summed E-state index contributed by atoms with van der Waals surface area (Å²) in [5.74, 6) is 0. The molecule has 0 saturated heterocycles. The second-order valence-corrected chi connectivity index (χ2v) is 6.19. The summed E-state index contributed by atoms with van der Waals surface area (Å²) in [5, 5.41) is 7.93. The van der Waals surface area contributed by atoms with Crippen LogP contribution < -0.4 is 5.32 Å². The molecule has 20 heavy (non-hydrogen) atoms. The second-order valence-electron chi connectivity index (χ2n) is 6.19. The molecule has 108 valence electrons. The van der Waals surface area contributed by atoms with E-state index in [0.29, 0.717) is 0 Å². The van der Waals surface area contributed by atoms with Crippen molar-refractivity contribution in [2.24, 2.45) is 0 Å². The van der Waals surface area contributed by atoms with Crippen LogP contribution in [0.15, 0.2) is 36.7 Å². The van der Waals surface area contributed by atoms with Crippen molar-refractivity contribution in [3.8, 4) is 0 Å². The number of hydrogen-bond acceptors (Lipinski definition) is 2. The van der Waals surface area contributed by atoms with Gasteiger partial charge in [-0.2, -0.15) is 5.10 Å². The van der Waals surface area contributed by atoms with Crippen molar-refractivity contribution in [1.29, 1.82) is 0 Å². The molecule has 0 saturated carbocycles. The van der Waals surface area contributed by atoms with Crippen LogP contribution in [0.5, 0.6) is 0 Å². The molecule has 0 radical (unpaired) electrons. The highest BCUT2D eigenvalue weighted by Crippen LogP contribution is 2.13. The quantitative estimate of drug-likeness (QED) is 0.902. The van der Waals surface area contributed by atoms with Gasteiger partial charge in [0.1, 0.15) is 0 Å². The van der Waals surface area contributed by atoms with E-state index in [4.69, 9.17) is 0 Å². The van der Waals surface area contributed by atoms with Crippen LogP contribution in [-0.2, 0) is 25.0 Å². The summed E-state index contributed by atoms with van der Waals surface area (Å²) in [6, 6.07) is 8.61. The number of aryl methyl sites for hydroxylation is 1. The molecule has 0 aliphatic heterocycles. The lowest BCUT2D eigenvalue weighted by atomic mass is 10.1. The van der Waals surface area contributed by atoms with Gasteiger partial charge in [-0.25, -0.2) is 0 Å². The Labute approximate surface area is 122 Å². The van der Waals surface area contributed by atoms with Crippen LogP contribution in [0.2, 0.25) is 0 Å². The zero-order chi connectivity index (χ0) is 14.6. The van der Waals surface area contributed by atoms with E-state index >= 15 is 0 Å². The number of nitrogens with one attached hydrogen (secondary N) is 1. The summed E-state index contributed by atoms with van der Waals surface area (Å²) in [5.41, 5.74) is 4.09. The first-order chi connectivity index (χ1) is 9.50. The molecular formula is C17H25N3. The van der Waals surface area contributed by atoms with Gasteiger partial charge in [-0.15, -0.1) is 0 Å². The number of aromatic nitrogens is 2. The lowest BCUT2D eigenvalue weighted by molar-refractivity contribution is 0.355. The highest BCUT2D eigenvalue weighted by molar-refractivity contribution is 5.26. The Kier molecular flexibility index (Phi) is 4.61. The van der Waals surface area contributed by atoms with Crippen LogP contribution in [0, 0.1) is 0 Å². The van der Waals surface area contributed by atoms with Crippen LogP contribution in [-0.4, -0.2) is 9.78 Å². The van der Waals surface area contributed by atoms with Crippen molar-refractivity contribution >= 4 is 0 Å². The zero-order valence-corrected chi connectivity index (χ0v) is 13.0. The zero-order valence-electron chi connectivity index (χ0n) is 13.0. The van der Waals surface area contributed by atoms with Crippen molar-refractivity contribution in [3.05, 3.63) is 53.3 Å². The Balaban J connectivity index is 1.91. The Morgan fingerprint density at radius 2 is 1.80 bits per heavy atom. The number of nitrogens with zero attached hydrogens (tertiary/aromatic N) is 2. The average Bonchev–Trinajstić information content (AvgIpc) is 2.88. The fourth-order valence-electron chi connectivity index (χ4n) is 2.23. The predicted molar refractivity (Wildman–Crippen MR) is 83.6 cm³/mol. The third-order valence-corrected chi connectivity index (χ3v) is 3.47. The van der Waals surface area contributed by atoms with Gasteiger partial charge in [0, 0.05) is 24.8 Å². The summed E-state index contributed by atoms with van der Waals surface area (Å²) in [7, 11) is 0. The second kappa shape index (κ2) is 6.23. The minimum absolute atomic E-state index is 0.0487. The van der Waals surface area contributed by atoms with Gasteiger partial charge in [0.15, 0.2) is 0 Å². The Hall–Kier alpha value is -1.61. The molecule has 3 nitrogen and oxygen atoms in total. The van der Waals surface area contributed by atoms with E-state index in [1.54, 1.807) is 0 Å². The van der Waals surface area contributed by atoms with Crippen molar-refractivity contribution in [2.45, 2.75) is 52.7 Å². The molecule has 0 aliphatic carbocycles. The van der Waals surface area contributed by atoms with E-state index in [1.807, 2.05) is 10.9 Å². The minimum Gasteiger partial charge on any atom is -0.308 e. The van der Waals surface area contributed by atoms with E-state index < -0.39 is 0 Å². The fraction of sp³-hybridized carbons (Fsp3) is 0.471. The third-order valence-electron chi connectivity index (χ3n) is 3.47. The standard InChI is InChI=1S/C17H25N3/c1-5-15-8-6-7-9-16(15)12-18-10-14-11-19-20(13-14)17(2,3)4/h6-9,11,13,18H,5,10,12H2,1-4H3. The van der Waals surface area contributed by atoms with Gasteiger partial charge >= 0.3 is 0 Å². The van der Waals surface area contributed by atoms with Crippen molar-refractivity contribution < 1.29 is 0 Å². The Morgan fingerprint density at radius 3 is 2.40 bits per heavy atom. The van der Waals surface area contributed by atoms with E-state index in [9.17, 15) is 0 Å². The maximum absolute atomic E-state index is 4.42. The van der Waals surface area contributed by atoms with E-state index in [0.717, 1.165) is 19.5 Å². The lowest BCUT2D eigenvalue weighted by Crippen LogP contribution is -2.22. The van der Waals surface area contributed by atoms with Gasteiger partial charge in [-0.05, 0) is 38.3 Å². The largest absolute Gasteiger partial charge is 0.308 e. The van der Waals surface area contributed by atoms with E-state index in [1.165, 1.54) is 16.7 Å². The van der Waals surface area contributed by atoms with Gasteiger partial charge in [0.25, 0.3) is 0 Å². The van der Waals surface area contributed by atoms with Crippen molar-refractivity contribution in [3.63, 3.8) is 0 Å². The monoisotopic (exact) mass is 271 g/mol. The molecule has 2 rings (SSSR count). The molecule has 1 N–H and O–H groups in total. The smallest absolute Gasteiger partial charge is 0.0543 e. The molecule has 2 aromatic rings. The summed E-state index contributed by atoms with van der Waals surface area (Å²) in [6.45, 7) is 10.4. The molecule has 1 aromatic heterocycles. The van der Waals surface area contributed by atoms with Crippen LogP contribution in [0.3, 0.4) is 0 Å². The third kappa shape index (κ3) is 3.70. The highest BCUT2D eigenvalue weighted by Gasteiger charge is 2.13. The summed E-state index contributed by atoms with van der Waals surface area (Å²) >= 11 is 0. The number of benzene rings is 1. The van der Waals surface area contributed by atoms with Gasteiger partial charge in [-0.1, -0.05) is 31.2 Å². The summed E-state index contributed by atoms with van der Waals surface area (Å²) in [4.78, 5) is 0. The van der Waals surface area contributed by atoms with Crippen molar-refractivity contribution in [1.82, 2.24) is 15.1 Å². The lowest BCUT2D eigenvalue weighted by Gasteiger charge is -2.18. The van der Waals surface area contributed by atoms with Gasteiger partial charge < -0.3 is 5.32 Å². The summed E-state index contributed by atoms with van der Waals surface area (Å²) < 4.78 is 2.02. The molecule has 3 heteroatoms. The maximum atomic E-state index is 4.42. The molecule has 0 unspecified atom stereocenters. The van der Waals surface area contributed by atoms with Crippen molar-refractivity contribution in [2.75, 3.05) is 0 Å². The first kappa shape index (κ1) is 14.8. The topological polar surface area (TPSA) is 29.9 Å². The van der Waals surface area contributed by atoms with Crippen LogP contribution in [0.25, 0.3) is 0 Å². The summed E-state index contributed by atoms with van der Waals surface area (Å²) in [6.07, 6.45) is 5.16. The molecule has 0 spiro atoms. The number of hydrogen-bond donors (Lipinski definition) is 1. The van der Waals surface area contributed by atoms with Crippen LogP contribution in [0.1, 0.15) is 44.4 Å². The predicted octanol–water partition coefficient (Wildman–Crippen LogP) is 3.49. The molecule has 0 bridgehead atoms. The highest BCUT2D eigenvalue weighted by atomic mass is 15.3. The SMILES string of the molecule is CCc1ccccc1CNCc1cnn(C(C)(C)C)c1. The molecule has 0 aliphatic rings. The first-order valence-electron chi connectivity index (χ1n) is 7.32. The molecular weight excluding hydrogens is 246 g/mol. The van der Waals surface area contributed by atoms with Gasteiger partial charge in [0.2, 0.25) is 0 Å². The van der Waals surface area contributed by atoms with Gasteiger partial charge in [0.05, 0.1) is 11.7 Å². The molecule has 1 heterocycles. The molecule has 0 atom stereocenters. The maximum Gasteiger partial charge on any atom is 0.0543 e. The van der Waals surface area contributed by atoms with Crippen LogP contribution in [0.4, 0.5) is 0 Å². The fourth-order valence-corrected chi connectivity index (χ4v) is 2.23. The number of rotatable bonds is 5. The average molecular weight is 271 g/mol. The Bertz CT molecular complexity index is 549. The Morgan fingerprint density at radius 1 is 1.10 bits per heavy atom. The van der Waals surface area contributed by atoms with E-state index in [-0.39, 0.29) is 5.54 Å². The molecule has 0 amide bonds. The van der Waals surface area contributed by atoms with Gasteiger partial charge in [-0.3, -0.25) is 4.68 Å². The minimum atomic E-state index is 0.0487. The normalized spacial score (nSPS) is 11.8. The first-order valence-corrected chi connectivity index (χ1v) is 7.32.